The van der Waals surface area contributed by atoms with Gasteiger partial charge in [0, 0.05) is 4.70 Å². The van der Waals surface area contributed by atoms with E-state index >= 15 is 0 Å². The maximum atomic E-state index is 11.3. The summed E-state index contributed by atoms with van der Waals surface area (Å²) in [5, 5.41) is 8.24. The molecule has 0 aliphatic carbocycles. The van der Waals surface area contributed by atoms with Crippen LogP contribution in [0.2, 0.25) is 0 Å². The van der Waals surface area contributed by atoms with Crippen molar-refractivity contribution in [2.24, 2.45) is 5.14 Å². The number of thiophene rings is 1. The maximum absolute atomic E-state index is 11.3. The van der Waals surface area contributed by atoms with Crippen LogP contribution in [-0.2, 0) is 10.0 Å². The summed E-state index contributed by atoms with van der Waals surface area (Å²) in [5.74, 6) is 0. The zero-order valence-electron chi connectivity index (χ0n) is 8.44. The quantitative estimate of drug-likeness (QED) is 0.831. The normalized spacial score (nSPS) is 12.2. The monoisotopic (exact) mass is 241 g/mol. The molecular weight excluding hydrogens is 230 g/mol. The summed E-state index contributed by atoms with van der Waals surface area (Å²) in [6, 6.07) is 3.53. The molecule has 2 N–H and O–H groups in total. The van der Waals surface area contributed by atoms with E-state index in [4.69, 9.17) is 5.14 Å². The van der Waals surface area contributed by atoms with Gasteiger partial charge in [-0.3, -0.25) is 0 Å². The maximum Gasteiger partial charge on any atom is 0.238 e. The summed E-state index contributed by atoms with van der Waals surface area (Å²) in [6.45, 7) is 3.77. The number of benzene rings is 1. The summed E-state index contributed by atoms with van der Waals surface area (Å²) in [6.07, 6.45) is 0. The fourth-order valence-electron chi connectivity index (χ4n) is 1.60. The summed E-state index contributed by atoms with van der Waals surface area (Å²) in [5.41, 5.74) is 1.87. The van der Waals surface area contributed by atoms with Crippen LogP contribution in [0.3, 0.4) is 0 Å². The van der Waals surface area contributed by atoms with Gasteiger partial charge in [-0.25, -0.2) is 13.6 Å². The first-order valence-electron chi connectivity index (χ1n) is 4.41. The molecule has 1 aromatic heterocycles. The Morgan fingerprint density at radius 2 is 1.87 bits per heavy atom. The molecule has 0 spiro atoms. The molecule has 2 aromatic rings. The first-order chi connectivity index (χ1) is 6.89. The molecule has 5 heteroatoms. The van der Waals surface area contributed by atoms with Crippen molar-refractivity contribution in [2.75, 3.05) is 0 Å². The molecule has 0 saturated heterocycles. The first kappa shape index (κ1) is 10.6. The highest BCUT2D eigenvalue weighted by Crippen LogP contribution is 2.29. The second kappa shape index (κ2) is 3.30. The Balaban J connectivity index is 2.86. The molecule has 0 bridgehead atoms. The molecule has 0 aliphatic heterocycles. The van der Waals surface area contributed by atoms with E-state index in [1.54, 1.807) is 13.0 Å². The predicted octanol–water partition coefficient (Wildman–Crippen LogP) is 2.17. The fourth-order valence-corrected chi connectivity index (χ4v) is 3.42. The van der Waals surface area contributed by atoms with Gasteiger partial charge in [-0.1, -0.05) is 0 Å². The lowest BCUT2D eigenvalue weighted by Crippen LogP contribution is -2.13. The van der Waals surface area contributed by atoms with Gasteiger partial charge in [-0.05, 0) is 47.9 Å². The second-order valence-corrected chi connectivity index (χ2v) is 6.02. The Morgan fingerprint density at radius 1 is 1.20 bits per heavy atom. The highest BCUT2D eigenvalue weighted by Gasteiger charge is 2.13. The lowest BCUT2D eigenvalue weighted by atomic mass is 10.1. The average Bonchev–Trinajstić information content (AvgIpc) is 2.45. The molecule has 0 atom stereocenters. The number of nitrogens with two attached hydrogens (primary N) is 1. The van der Waals surface area contributed by atoms with E-state index in [0.29, 0.717) is 5.56 Å². The molecule has 80 valence electrons. The largest absolute Gasteiger partial charge is 0.238 e. The van der Waals surface area contributed by atoms with Gasteiger partial charge in [-0.2, -0.15) is 0 Å². The van der Waals surface area contributed by atoms with Gasteiger partial charge in [0.1, 0.15) is 0 Å². The van der Waals surface area contributed by atoms with Crippen molar-refractivity contribution in [3.8, 4) is 0 Å². The standard InChI is InChI=1S/C10H11NO2S2/c1-6-3-8-7(2)5-14-9(8)4-10(6)15(11,12)13/h3-5H,1-2H3,(H2,11,12,13). The second-order valence-electron chi connectivity index (χ2n) is 3.58. The number of primary sulfonamides is 1. The fraction of sp³-hybridized carbons (Fsp3) is 0.200. The predicted molar refractivity (Wildman–Crippen MR) is 62.7 cm³/mol. The van der Waals surface area contributed by atoms with Crippen molar-refractivity contribution in [1.82, 2.24) is 0 Å². The molecule has 1 aromatic carbocycles. The summed E-state index contributed by atoms with van der Waals surface area (Å²) >= 11 is 1.53. The van der Waals surface area contributed by atoms with Crippen LogP contribution in [0, 0.1) is 13.8 Å². The molecule has 3 nitrogen and oxygen atoms in total. The zero-order valence-corrected chi connectivity index (χ0v) is 10.1. The van der Waals surface area contributed by atoms with Crippen molar-refractivity contribution < 1.29 is 8.42 Å². The molecular formula is C10H11NO2S2. The van der Waals surface area contributed by atoms with Gasteiger partial charge in [0.05, 0.1) is 4.90 Å². The Kier molecular flexibility index (Phi) is 2.33. The summed E-state index contributed by atoms with van der Waals surface area (Å²) < 4.78 is 23.5. The van der Waals surface area contributed by atoms with Gasteiger partial charge in [0.15, 0.2) is 0 Å². The van der Waals surface area contributed by atoms with Crippen molar-refractivity contribution in [3.05, 3.63) is 28.6 Å². The lowest BCUT2D eigenvalue weighted by Gasteiger charge is -2.03. The Hall–Kier alpha value is -0.910. The Morgan fingerprint density at radius 3 is 2.47 bits per heavy atom. The summed E-state index contributed by atoms with van der Waals surface area (Å²) in [4.78, 5) is 0.219. The van der Waals surface area contributed by atoms with Crippen molar-refractivity contribution in [1.29, 1.82) is 0 Å². The number of hydrogen-bond acceptors (Lipinski definition) is 3. The van der Waals surface area contributed by atoms with Crippen LogP contribution in [0.1, 0.15) is 11.1 Å². The number of rotatable bonds is 1. The van der Waals surface area contributed by atoms with Gasteiger partial charge in [0.2, 0.25) is 10.0 Å². The topological polar surface area (TPSA) is 60.2 Å². The SMILES string of the molecule is Cc1cc2c(C)csc2cc1S(N)(=O)=O. The molecule has 0 aliphatic rings. The van der Waals surface area contributed by atoms with E-state index in [9.17, 15) is 8.42 Å². The third kappa shape index (κ3) is 1.78. The van der Waals surface area contributed by atoms with E-state index in [1.165, 1.54) is 16.9 Å². The van der Waals surface area contributed by atoms with E-state index in [2.05, 4.69) is 0 Å². The molecule has 15 heavy (non-hydrogen) atoms. The van der Waals surface area contributed by atoms with Crippen LogP contribution in [-0.4, -0.2) is 8.42 Å². The Labute approximate surface area is 92.6 Å². The van der Waals surface area contributed by atoms with Gasteiger partial charge >= 0.3 is 0 Å². The molecule has 0 unspecified atom stereocenters. The van der Waals surface area contributed by atoms with E-state index in [-0.39, 0.29) is 4.90 Å². The van der Waals surface area contributed by atoms with E-state index in [0.717, 1.165) is 10.1 Å². The van der Waals surface area contributed by atoms with E-state index < -0.39 is 10.0 Å². The van der Waals surface area contributed by atoms with Crippen LogP contribution < -0.4 is 5.14 Å². The summed E-state index contributed by atoms with van der Waals surface area (Å²) in [7, 11) is -3.61. The third-order valence-electron chi connectivity index (χ3n) is 2.37. The minimum atomic E-state index is -3.61. The highest BCUT2D eigenvalue weighted by atomic mass is 32.2. The van der Waals surface area contributed by atoms with Crippen LogP contribution in [0.15, 0.2) is 22.4 Å². The van der Waals surface area contributed by atoms with Crippen LogP contribution in [0.5, 0.6) is 0 Å². The zero-order chi connectivity index (χ0) is 11.2. The number of hydrogen-bond donors (Lipinski definition) is 1. The average molecular weight is 241 g/mol. The molecule has 0 radical (unpaired) electrons. The smallest absolute Gasteiger partial charge is 0.225 e. The third-order valence-corrected chi connectivity index (χ3v) is 4.49. The molecule has 2 rings (SSSR count). The van der Waals surface area contributed by atoms with Gasteiger partial charge in [0.25, 0.3) is 0 Å². The van der Waals surface area contributed by atoms with Crippen LogP contribution >= 0.6 is 11.3 Å². The molecule has 1 heterocycles. The number of fused-ring (bicyclic) bond motifs is 1. The molecule has 0 saturated carbocycles. The van der Waals surface area contributed by atoms with Gasteiger partial charge in [-0.15, -0.1) is 11.3 Å². The van der Waals surface area contributed by atoms with Gasteiger partial charge < -0.3 is 0 Å². The van der Waals surface area contributed by atoms with Crippen LogP contribution in [0.25, 0.3) is 10.1 Å². The number of sulfonamides is 1. The first-order valence-corrected chi connectivity index (χ1v) is 6.83. The van der Waals surface area contributed by atoms with Crippen molar-refractivity contribution in [3.63, 3.8) is 0 Å². The molecule has 0 amide bonds. The van der Waals surface area contributed by atoms with E-state index in [1.807, 2.05) is 18.4 Å². The number of aryl methyl sites for hydroxylation is 2. The van der Waals surface area contributed by atoms with Crippen LogP contribution in [0.4, 0.5) is 0 Å². The highest BCUT2D eigenvalue weighted by molar-refractivity contribution is 7.89. The Bertz CT molecular complexity index is 626. The minimum Gasteiger partial charge on any atom is -0.225 e. The van der Waals surface area contributed by atoms with Crippen molar-refractivity contribution >= 4 is 31.4 Å². The lowest BCUT2D eigenvalue weighted by molar-refractivity contribution is 0.597. The molecule has 0 fully saturated rings. The minimum absolute atomic E-state index is 0.219. The van der Waals surface area contributed by atoms with Crippen molar-refractivity contribution in [2.45, 2.75) is 18.7 Å².